The molecule has 4 nitrogen and oxygen atoms in total. The third kappa shape index (κ3) is 3.73. The van der Waals surface area contributed by atoms with Crippen molar-refractivity contribution in [3.63, 3.8) is 0 Å². The van der Waals surface area contributed by atoms with Gasteiger partial charge in [0.1, 0.15) is 5.41 Å². The number of nitriles is 1. The van der Waals surface area contributed by atoms with E-state index in [1.165, 1.54) is 0 Å². The van der Waals surface area contributed by atoms with Gasteiger partial charge in [0.2, 0.25) is 5.91 Å². The molecular formula is C16H29N3O. The summed E-state index contributed by atoms with van der Waals surface area (Å²) in [4.78, 5) is 17.0. The van der Waals surface area contributed by atoms with Gasteiger partial charge in [0.05, 0.1) is 6.07 Å². The molecule has 1 unspecified atom stereocenters. The second-order valence-corrected chi connectivity index (χ2v) is 6.17. The Labute approximate surface area is 123 Å². The number of amides is 1. The summed E-state index contributed by atoms with van der Waals surface area (Å²) in [6.07, 6.45) is 5.26. The molecule has 0 aromatic heterocycles. The predicted molar refractivity (Wildman–Crippen MR) is 81.2 cm³/mol. The molecule has 0 aliphatic carbocycles. The van der Waals surface area contributed by atoms with Gasteiger partial charge in [-0.2, -0.15) is 5.26 Å². The zero-order chi connectivity index (χ0) is 15.2. The van der Waals surface area contributed by atoms with E-state index in [9.17, 15) is 10.1 Å². The number of rotatable bonds is 6. The summed E-state index contributed by atoms with van der Waals surface area (Å²) in [6, 6.07) is 2.60. The first kappa shape index (κ1) is 17.0. The highest BCUT2D eigenvalue weighted by molar-refractivity contribution is 5.85. The fourth-order valence-corrected chi connectivity index (χ4v) is 3.31. The number of likely N-dealkylation sites (tertiary alicyclic amines) is 1. The number of hydrogen-bond acceptors (Lipinski definition) is 3. The smallest absolute Gasteiger partial charge is 0.243 e. The molecule has 1 fully saturated rings. The van der Waals surface area contributed by atoms with E-state index in [1.807, 2.05) is 25.8 Å². The third-order valence-corrected chi connectivity index (χ3v) is 4.44. The maximum atomic E-state index is 12.9. The van der Waals surface area contributed by atoms with Crippen molar-refractivity contribution in [2.45, 2.75) is 58.4 Å². The molecule has 0 N–H and O–H groups in total. The van der Waals surface area contributed by atoms with E-state index in [0.717, 1.165) is 38.8 Å². The van der Waals surface area contributed by atoms with Crippen molar-refractivity contribution in [3.05, 3.63) is 0 Å². The molecule has 4 heteroatoms. The minimum Gasteiger partial charge on any atom is -0.340 e. The van der Waals surface area contributed by atoms with Gasteiger partial charge in [-0.15, -0.1) is 0 Å². The fourth-order valence-electron chi connectivity index (χ4n) is 3.31. The van der Waals surface area contributed by atoms with Crippen LogP contribution < -0.4 is 0 Å². The van der Waals surface area contributed by atoms with Crippen LogP contribution in [0.4, 0.5) is 0 Å². The zero-order valence-electron chi connectivity index (χ0n) is 13.5. The van der Waals surface area contributed by atoms with Crippen LogP contribution in [0.15, 0.2) is 0 Å². The minimum atomic E-state index is -0.811. The van der Waals surface area contributed by atoms with E-state index in [-0.39, 0.29) is 11.9 Å². The van der Waals surface area contributed by atoms with E-state index in [4.69, 9.17) is 0 Å². The summed E-state index contributed by atoms with van der Waals surface area (Å²) in [5.41, 5.74) is -0.811. The molecule has 1 atom stereocenters. The summed E-state index contributed by atoms with van der Waals surface area (Å²) < 4.78 is 0. The lowest BCUT2D eigenvalue weighted by Gasteiger charge is -2.39. The Morgan fingerprint density at radius 2 is 2.00 bits per heavy atom. The third-order valence-electron chi connectivity index (χ3n) is 4.44. The molecule has 1 amide bonds. The van der Waals surface area contributed by atoms with Gasteiger partial charge in [-0.1, -0.05) is 26.7 Å². The first-order chi connectivity index (χ1) is 9.50. The van der Waals surface area contributed by atoms with Crippen LogP contribution in [0.2, 0.25) is 0 Å². The molecule has 1 heterocycles. The molecular weight excluding hydrogens is 250 g/mol. The van der Waals surface area contributed by atoms with Crippen molar-refractivity contribution in [3.8, 4) is 6.07 Å². The van der Waals surface area contributed by atoms with E-state index < -0.39 is 5.41 Å². The van der Waals surface area contributed by atoms with Gasteiger partial charge in [-0.05, 0) is 39.3 Å². The summed E-state index contributed by atoms with van der Waals surface area (Å²) in [5, 5.41) is 9.60. The van der Waals surface area contributed by atoms with E-state index in [0.29, 0.717) is 12.8 Å². The lowest BCUT2D eigenvalue weighted by molar-refractivity contribution is -0.141. The summed E-state index contributed by atoms with van der Waals surface area (Å²) in [6.45, 7) is 6.11. The Morgan fingerprint density at radius 3 is 2.45 bits per heavy atom. The fraction of sp³-hybridized carbons (Fsp3) is 0.875. The number of carbonyl (C=O) groups is 1. The molecule has 20 heavy (non-hydrogen) atoms. The largest absolute Gasteiger partial charge is 0.340 e. The predicted octanol–water partition coefficient (Wildman–Crippen LogP) is 2.65. The molecule has 0 radical (unpaired) electrons. The van der Waals surface area contributed by atoms with Crippen molar-refractivity contribution in [1.82, 2.24) is 9.80 Å². The number of likely N-dealkylation sites (N-methyl/N-ethyl adjacent to an activating group) is 2. The standard InChI is InChI=1S/C16H29N3O/c1-5-9-16(13-17,10-6-2)15(20)19(4)14-8-7-11-18(3)12-14/h14H,5-12H2,1-4H3. The Balaban J connectivity index is 2.85. The lowest BCUT2D eigenvalue weighted by atomic mass is 9.79. The van der Waals surface area contributed by atoms with Gasteiger partial charge in [0.15, 0.2) is 0 Å². The van der Waals surface area contributed by atoms with E-state index in [2.05, 4.69) is 18.0 Å². The Bertz CT molecular complexity index is 355. The summed E-state index contributed by atoms with van der Waals surface area (Å²) >= 11 is 0. The van der Waals surface area contributed by atoms with Crippen LogP contribution in [0.3, 0.4) is 0 Å². The van der Waals surface area contributed by atoms with Gasteiger partial charge in [0, 0.05) is 19.6 Å². The van der Waals surface area contributed by atoms with Gasteiger partial charge in [0.25, 0.3) is 0 Å². The average Bonchev–Trinajstić information content (AvgIpc) is 2.45. The maximum Gasteiger partial charge on any atom is 0.243 e. The molecule has 114 valence electrons. The molecule has 1 saturated heterocycles. The number of nitrogens with zero attached hydrogens (tertiary/aromatic N) is 3. The second-order valence-electron chi connectivity index (χ2n) is 6.17. The van der Waals surface area contributed by atoms with Crippen LogP contribution in [0.25, 0.3) is 0 Å². The SMILES string of the molecule is CCCC(C#N)(CCC)C(=O)N(C)C1CCCN(C)C1. The van der Waals surface area contributed by atoms with Crippen LogP contribution >= 0.6 is 0 Å². The average molecular weight is 279 g/mol. The summed E-state index contributed by atoms with van der Waals surface area (Å²) in [7, 11) is 3.98. The number of carbonyl (C=O) groups excluding carboxylic acids is 1. The quantitative estimate of drug-likeness (QED) is 0.751. The van der Waals surface area contributed by atoms with Crippen molar-refractivity contribution in [2.24, 2.45) is 5.41 Å². The second kappa shape index (κ2) is 7.64. The highest BCUT2D eigenvalue weighted by Gasteiger charge is 2.41. The van der Waals surface area contributed by atoms with Crippen molar-refractivity contribution in [1.29, 1.82) is 5.26 Å². The van der Waals surface area contributed by atoms with Crippen molar-refractivity contribution in [2.75, 3.05) is 27.2 Å². The topological polar surface area (TPSA) is 47.3 Å². The molecule has 1 aliphatic rings. The van der Waals surface area contributed by atoms with Crippen LogP contribution in [-0.2, 0) is 4.79 Å². The lowest BCUT2D eigenvalue weighted by Crippen LogP contribution is -2.51. The first-order valence-corrected chi connectivity index (χ1v) is 7.87. The first-order valence-electron chi connectivity index (χ1n) is 7.87. The summed E-state index contributed by atoms with van der Waals surface area (Å²) in [5.74, 6) is 0.0315. The van der Waals surface area contributed by atoms with Crippen LogP contribution in [-0.4, -0.2) is 48.9 Å². The van der Waals surface area contributed by atoms with Gasteiger partial charge in [-0.25, -0.2) is 0 Å². The maximum absolute atomic E-state index is 12.9. The minimum absolute atomic E-state index is 0.0315. The molecule has 1 aliphatic heterocycles. The zero-order valence-corrected chi connectivity index (χ0v) is 13.5. The van der Waals surface area contributed by atoms with Gasteiger partial charge in [-0.3, -0.25) is 4.79 Å². The van der Waals surface area contributed by atoms with Crippen LogP contribution in [0.1, 0.15) is 52.4 Å². The van der Waals surface area contributed by atoms with Gasteiger partial charge < -0.3 is 9.80 Å². The number of hydrogen-bond donors (Lipinski definition) is 0. The molecule has 0 saturated carbocycles. The Hall–Kier alpha value is -1.08. The highest BCUT2D eigenvalue weighted by Crippen LogP contribution is 2.32. The normalized spacial score (nSPS) is 20.4. The van der Waals surface area contributed by atoms with E-state index in [1.54, 1.807) is 0 Å². The van der Waals surface area contributed by atoms with Crippen molar-refractivity contribution >= 4 is 5.91 Å². The Kier molecular flexibility index (Phi) is 6.48. The van der Waals surface area contributed by atoms with Gasteiger partial charge >= 0.3 is 0 Å². The van der Waals surface area contributed by atoms with E-state index >= 15 is 0 Å². The van der Waals surface area contributed by atoms with Crippen LogP contribution in [0, 0.1) is 16.7 Å². The van der Waals surface area contributed by atoms with Crippen LogP contribution in [0.5, 0.6) is 0 Å². The monoisotopic (exact) mass is 279 g/mol. The molecule has 0 spiro atoms. The molecule has 0 aromatic rings. The van der Waals surface area contributed by atoms with Crippen molar-refractivity contribution < 1.29 is 4.79 Å². The number of piperidine rings is 1. The highest BCUT2D eigenvalue weighted by atomic mass is 16.2. The molecule has 1 rings (SSSR count). The molecule has 0 bridgehead atoms. The molecule has 0 aromatic carbocycles. The Morgan fingerprint density at radius 1 is 1.40 bits per heavy atom.